The summed E-state index contributed by atoms with van der Waals surface area (Å²) in [6.07, 6.45) is 7.48. The molecule has 0 bridgehead atoms. The van der Waals surface area contributed by atoms with E-state index in [-0.39, 0.29) is 5.92 Å². The summed E-state index contributed by atoms with van der Waals surface area (Å²) in [5.74, 6) is -0.786. The van der Waals surface area contributed by atoms with Crippen LogP contribution in [0.25, 0.3) is 0 Å². The molecule has 0 spiro atoms. The third-order valence-corrected chi connectivity index (χ3v) is 5.64. The second-order valence-corrected chi connectivity index (χ2v) is 7.37. The zero-order chi connectivity index (χ0) is 18.5. The van der Waals surface area contributed by atoms with Crippen molar-refractivity contribution in [2.45, 2.75) is 63.7 Å². The molecular weight excluding hydrogens is 328 g/mol. The number of benzene rings is 2. The fourth-order valence-corrected chi connectivity index (χ4v) is 4.03. The fourth-order valence-electron chi connectivity index (χ4n) is 4.03. The molecule has 3 rings (SSSR count). The normalized spacial score (nSPS) is 19.9. The summed E-state index contributed by atoms with van der Waals surface area (Å²) in [5.41, 5.74) is 2.98. The maximum absolute atomic E-state index is 13.9. The van der Waals surface area contributed by atoms with Crippen molar-refractivity contribution in [1.82, 2.24) is 0 Å². The monoisotopic (exact) mass is 353 g/mol. The van der Waals surface area contributed by atoms with Crippen molar-refractivity contribution >= 4 is 0 Å². The molecular formula is C23H25F2N. The molecule has 0 heterocycles. The van der Waals surface area contributed by atoms with E-state index < -0.39 is 17.2 Å². The number of rotatable bonds is 5. The van der Waals surface area contributed by atoms with Gasteiger partial charge in [0.15, 0.2) is 0 Å². The van der Waals surface area contributed by atoms with Gasteiger partial charge in [-0.15, -0.1) is 0 Å². The molecule has 1 saturated carbocycles. The Labute approximate surface area is 154 Å². The quantitative estimate of drug-likeness (QED) is 0.592. The minimum absolute atomic E-state index is 0.173. The molecule has 0 atom stereocenters. The van der Waals surface area contributed by atoms with E-state index in [1.54, 1.807) is 6.07 Å². The van der Waals surface area contributed by atoms with Crippen molar-refractivity contribution in [1.29, 1.82) is 5.26 Å². The van der Waals surface area contributed by atoms with Gasteiger partial charge in [-0.1, -0.05) is 37.6 Å². The first-order valence-corrected chi connectivity index (χ1v) is 9.60. The molecule has 0 aliphatic heterocycles. The first-order chi connectivity index (χ1) is 12.6. The molecule has 2 aromatic rings. The SMILES string of the molecule is CCCCc1ccc([C@H]2CC[C@H](c3cc(F)c(C#N)c(F)c3)CC2)cc1. The summed E-state index contributed by atoms with van der Waals surface area (Å²) in [4.78, 5) is 0. The lowest BCUT2D eigenvalue weighted by Gasteiger charge is -2.29. The Morgan fingerprint density at radius 1 is 0.923 bits per heavy atom. The highest BCUT2D eigenvalue weighted by atomic mass is 19.1. The summed E-state index contributed by atoms with van der Waals surface area (Å²) in [6.45, 7) is 2.21. The zero-order valence-corrected chi connectivity index (χ0v) is 15.3. The smallest absolute Gasteiger partial charge is 0.144 e. The molecule has 136 valence electrons. The van der Waals surface area contributed by atoms with E-state index >= 15 is 0 Å². The average molecular weight is 353 g/mol. The Morgan fingerprint density at radius 3 is 1.96 bits per heavy atom. The van der Waals surface area contributed by atoms with E-state index in [2.05, 4.69) is 31.2 Å². The lowest BCUT2D eigenvalue weighted by molar-refractivity contribution is 0.394. The molecule has 1 fully saturated rings. The van der Waals surface area contributed by atoms with Gasteiger partial charge < -0.3 is 0 Å². The predicted octanol–water partition coefficient (Wildman–Crippen LogP) is 6.62. The molecule has 2 aromatic carbocycles. The number of hydrogen-bond donors (Lipinski definition) is 0. The zero-order valence-electron chi connectivity index (χ0n) is 15.3. The Hall–Kier alpha value is -2.21. The molecule has 0 unspecified atom stereocenters. The van der Waals surface area contributed by atoms with Crippen LogP contribution in [0.3, 0.4) is 0 Å². The van der Waals surface area contributed by atoms with Crippen molar-refractivity contribution in [3.63, 3.8) is 0 Å². The third-order valence-electron chi connectivity index (χ3n) is 5.64. The first kappa shape index (κ1) is 18.6. The van der Waals surface area contributed by atoms with E-state index in [1.165, 1.54) is 36.1 Å². The van der Waals surface area contributed by atoms with Crippen molar-refractivity contribution in [3.05, 3.63) is 70.3 Å². The Bertz CT molecular complexity index is 758. The van der Waals surface area contributed by atoms with Crippen molar-refractivity contribution < 1.29 is 8.78 Å². The predicted molar refractivity (Wildman–Crippen MR) is 100 cm³/mol. The minimum atomic E-state index is -0.743. The lowest BCUT2D eigenvalue weighted by atomic mass is 9.76. The highest BCUT2D eigenvalue weighted by Gasteiger charge is 2.25. The van der Waals surface area contributed by atoms with Crippen LogP contribution >= 0.6 is 0 Å². The molecule has 1 nitrogen and oxygen atoms in total. The maximum Gasteiger partial charge on any atom is 0.144 e. The summed E-state index contributed by atoms with van der Waals surface area (Å²) in [5, 5.41) is 8.80. The summed E-state index contributed by atoms with van der Waals surface area (Å²) < 4.78 is 27.7. The second kappa shape index (κ2) is 8.45. The van der Waals surface area contributed by atoms with E-state index in [0.29, 0.717) is 11.5 Å². The molecule has 0 amide bonds. The van der Waals surface area contributed by atoms with Gasteiger partial charge >= 0.3 is 0 Å². The first-order valence-electron chi connectivity index (χ1n) is 9.60. The van der Waals surface area contributed by atoms with E-state index in [0.717, 1.165) is 32.1 Å². The van der Waals surface area contributed by atoms with Crippen LogP contribution in [0, 0.1) is 23.0 Å². The Morgan fingerprint density at radius 2 is 1.46 bits per heavy atom. The number of hydrogen-bond acceptors (Lipinski definition) is 1. The van der Waals surface area contributed by atoms with Crippen LogP contribution in [-0.4, -0.2) is 0 Å². The highest BCUT2D eigenvalue weighted by Crippen LogP contribution is 2.41. The molecule has 0 saturated heterocycles. The van der Waals surface area contributed by atoms with E-state index in [9.17, 15) is 8.78 Å². The van der Waals surface area contributed by atoms with Gasteiger partial charge in [-0.2, -0.15) is 5.26 Å². The van der Waals surface area contributed by atoms with Gasteiger partial charge in [0, 0.05) is 0 Å². The van der Waals surface area contributed by atoms with Crippen LogP contribution in [0.15, 0.2) is 36.4 Å². The van der Waals surface area contributed by atoms with Gasteiger partial charge in [0.1, 0.15) is 23.3 Å². The molecule has 3 heteroatoms. The molecule has 0 radical (unpaired) electrons. The van der Waals surface area contributed by atoms with Crippen molar-refractivity contribution in [3.8, 4) is 6.07 Å². The van der Waals surface area contributed by atoms with Gasteiger partial charge in [-0.25, -0.2) is 8.78 Å². The van der Waals surface area contributed by atoms with Crippen molar-refractivity contribution in [2.75, 3.05) is 0 Å². The lowest BCUT2D eigenvalue weighted by Crippen LogP contribution is -2.13. The van der Waals surface area contributed by atoms with Crippen LogP contribution in [0.4, 0.5) is 8.78 Å². The van der Waals surface area contributed by atoms with Gasteiger partial charge in [-0.05, 0) is 79.2 Å². The van der Waals surface area contributed by atoms with Crippen molar-refractivity contribution in [2.24, 2.45) is 0 Å². The van der Waals surface area contributed by atoms with Crippen LogP contribution in [0.2, 0.25) is 0 Å². The topological polar surface area (TPSA) is 23.8 Å². The third kappa shape index (κ3) is 4.12. The summed E-state index contributed by atoms with van der Waals surface area (Å²) in [7, 11) is 0. The summed E-state index contributed by atoms with van der Waals surface area (Å²) in [6, 6.07) is 13.2. The minimum Gasteiger partial charge on any atom is -0.205 e. The highest BCUT2D eigenvalue weighted by molar-refractivity contribution is 5.37. The number of nitriles is 1. The van der Waals surface area contributed by atoms with Crippen LogP contribution in [0.5, 0.6) is 0 Å². The van der Waals surface area contributed by atoms with Gasteiger partial charge in [0.2, 0.25) is 0 Å². The molecule has 26 heavy (non-hydrogen) atoms. The number of halogens is 2. The second-order valence-electron chi connectivity index (χ2n) is 7.37. The van der Waals surface area contributed by atoms with Gasteiger partial charge in [0.25, 0.3) is 0 Å². The fraction of sp³-hybridized carbons (Fsp3) is 0.435. The Balaban J connectivity index is 1.63. The van der Waals surface area contributed by atoms with Crippen LogP contribution < -0.4 is 0 Å². The number of nitrogens with zero attached hydrogens (tertiary/aromatic N) is 1. The number of unbranched alkanes of at least 4 members (excludes halogenated alkanes) is 1. The van der Waals surface area contributed by atoms with Crippen LogP contribution in [0.1, 0.15) is 79.5 Å². The van der Waals surface area contributed by atoms with E-state index in [1.807, 2.05) is 0 Å². The number of aryl methyl sites for hydroxylation is 1. The summed E-state index contributed by atoms with van der Waals surface area (Å²) >= 11 is 0. The molecule has 0 N–H and O–H groups in total. The van der Waals surface area contributed by atoms with Crippen LogP contribution in [-0.2, 0) is 6.42 Å². The standard InChI is InChI=1S/C23H25F2N/c1-2-3-4-16-5-7-17(8-6-16)18-9-11-19(12-10-18)20-13-22(24)21(15-26)23(25)14-20/h5-8,13-14,18-19H,2-4,9-12H2,1H3/t18-,19-. The van der Waals surface area contributed by atoms with E-state index in [4.69, 9.17) is 5.26 Å². The molecule has 1 aliphatic carbocycles. The largest absolute Gasteiger partial charge is 0.205 e. The molecule has 0 aromatic heterocycles. The molecule has 1 aliphatic rings. The van der Waals surface area contributed by atoms with Gasteiger partial charge in [-0.3, -0.25) is 0 Å². The maximum atomic E-state index is 13.9. The van der Waals surface area contributed by atoms with Gasteiger partial charge in [0.05, 0.1) is 0 Å². The Kier molecular flexibility index (Phi) is 6.04. The average Bonchev–Trinajstić information content (AvgIpc) is 2.67.